The summed E-state index contributed by atoms with van der Waals surface area (Å²) in [5.74, 6) is 0. The van der Waals surface area contributed by atoms with E-state index in [-0.39, 0.29) is 10.9 Å². The van der Waals surface area contributed by atoms with Crippen LogP contribution in [-0.4, -0.2) is 45.9 Å². The summed E-state index contributed by atoms with van der Waals surface area (Å²) in [6.07, 6.45) is -1.31. The van der Waals surface area contributed by atoms with Crippen LogP contribution in [0.25, 0.3) is 10.9 Å². The average Bonchev–Trinajstić information content (AvgIpc) is 2.95. The van der Waals surface area contributed by atoms with Crippen LogP contribution in [0.3, 0.4) is 0 Å². The molecule has 2 rings (SSSR count). The molecule has 0 amide bonds. The molecule has 2 N–H and O–H groups in total. The first kappa shape index (κ1) is 7.06. The van der Waals surface area contributed by atoms with Gasteiger partial charge in [-0.05, 0) is 50.7 Å². The van der Waals surface area contributed by atoms with Crippen molar-refractivity contribution >= 4 is 20.9 Å². The Morgan fingerprint density at radius 1 is 1.45 bits per heavy atom. The molecule has 0 radical (unpaired) electrons. The number of aromatic nitrogens is 1. The summed E-state index contributed by atoms with van der Waals surface area (Å²) in [6.45, 7) is -5.57. The van der Waals surface area contributed by atoms with Crippen molar-refractivity contribution in [3.8, 4) is 0 Å². The van der Waals surface area contributed by atoms with E-state index < -0.39 is 41.1 Å². The molecule has 0 bridgehead atoms. The molecule has 0 aliphatic heterocycles. The Hall–Kier alpha value is -1.37. The second kappa shape index (κ2) is 5.95. The molecule has 0 unspecified atom stereocenters. The Morgan fingerprint density at radius 2 is 2.25 bits per heavy atom. The predicted molar refractivity (Wildman–Crippen MR) is 82.2 cm³/mol. The van der Waals surface area contributed by atoms with Crippen molar-refractivity contribution in [2.24, 2.45) is 0 Å². The van der Waals surface area contributed by atoms with Crippen molar-refractivity contribution in [2.75, 3.05) is 27.6 Å². The number of fused-ring (bicyclic) bond motifs is 1. The molecule has 0 saturated heterocycles. The van der Waals surface area contributed by atoms with E-state index in [4.69, 9.17) is 12.3 Å². The monoisotopic (exact) mass is 304 g/mol. The number of sulfonamides is 1. The van der Waals surface area contributed by atoms with Crippen LogP contribution in [0.2, 0.25) is 0 Å². The molecule has 0 aliphatic carbocycles. The summed E-state index contributed by atoms with van der Waals surface area (Å²) in [7, 11) is -2.25. The van der Waals surface area contributed by atoms with Crippen molar-refractivity contribution in [3.63, 3.8) is 0 Å². The molecule has 6 heteroatoms. The van der Waals surface area contributed by atoms with E-state index in [9.17, 15) is 8.42 Å². The van der Waals surface area contributed by atoms with Crippen LogP contribution in [0.5, 0.6) is 0 Å². The fraction of sp³-hybridized carbons (Fsp3) is 0.429. The zero-order valence-corrected chi connectivity index (χ0v) is 11.8. The highest BCUT2D eigenvalue weighted by Gasteiger charge is 2.11. The maximum Gasteiger partial charge on any atom is 0.215 e. The second-order valence-electron chi connectivity index (χ2n) is 4.30. The lowest BCUT2D eigenvalue weighted by Gasteiger charge is -2.08. The largest absolute Gasteiger partial charge is 0.361 e. The minimum absolute atomic E-state index is 0.0752. The van der Waals surface area contributed by atoms with Gasteiger partial charge in [-0.2, -0.15) is 0 Å². The predicted octanol–water partition coefficient (Wildman–Crippen LogP) is 1.32. The molecule has 1 aromatic heterocycles. The normalized spacial score (nSPS) is 21.9. The van der Waals surface area contributed by atoms with Gasteiger partial charge < -0.3 is 9.88 Å². The van der Waals surface area contributed by atoms with E-state index in [2.05, 4.69) is 4.98 Å². The van der Waals surface area contributed by atoms with Crippen LogP contribution in [0.15, 0.2) is 24.4 Å². The topological polar surface area (TPSA) is 65.2 Å². The van der Waals surface area contributed by atoms with Gasteiger partial charge in [-0.15, -0.1) is 0 Å². The molecule has 0 spiro atoms. The van der Waals surface area contributed by atoms with Gasteiger partial charge in [-0.1, -0.05) is 6.07 Å². The van der Waals surface area contributed by atoms with Crippen LogP contribution < -0.4 is 4.72 Å². The average molecular weight is 304 g/mol. The molecule has 1 heterocycles. The third-order valence-corrected chi connectivity index (χ3v) is 3.26. The lowest BCUT2D eigenvalue weighted by atomic mass is 10.1. The van der Waals surface area contributed by atoms with Gasteiger partial charge in [-0.3, -0.25) is 0 Å². The number of benzene rings is 1. The van der Waals surface area contributed by atoms with Gasteiger partial charge in [0.2, 0.25) is 10.0 Å². The lowest BCUT2D eigenvalue weighted by Crippen LogP contribution is -2.20. The highest BCUT2D eigenvalue weighted by atomic mass is 32.2. The summed E-state index contributed by atoms with van der Waals surface area (Å²) in [6, 6.07) is 3.53. The maximum absolute atomic E-state index is 12.3. The van der Waals surface area contributed by atoms with Crippen LogP contribution in [-0.2, 0) is 22.1 Å². The van der Waals surface area contributed by atoms with Crippen LogP contribution in [0.1, 0.15) is 23.5 Å². The second-order valence-corrected chi connectivity index (χ2v) is 5.72. The minimum atomic E-state index is -4.98. The van der Waals surface area contributed by atoms with E-state index in [0.29, 0.717) is 5.52 Å². The molecule has 0 aliphatic rings. The molecule has 0 atom stereocenters. The quantitative estimate of drug-likeness (QED) is 0.846. The maximum atomic E-state index is 12.3. The number of nitrogens with zero attached hydrogens (tertiary/aromatic N) is 1. The minimum Gasteiger partial charge on any atom is -0.361 e. The summed E-state index contributed by atoms with van der Waals surface area (Å²) in [5.41, 5.74) is -3.37. The number of aryl methyl sites for hydroxylation is 1. The molecular weight excluding hydrogens is 274 g/mol. The van der Waals surface area contributed by atoms with E-state index in [1.807, 2.05) is 0 Å². The highest BCUT2D eigenvalue weighted by Crippen LogP contribution is 2.21. The highest BCUT2D eigenvalue weighted by molar-refractivity contribution is 7.88. The molecular formula is C14H21N3O2S. The number of nitrogens with one attached hydrogen (secondary N) is 2. The first-order chi connectivity index (χ1) is 12.8. The molecule has 1 aromatic carbocycles. The summed E-state index contributed by atoms with van der Waals surface area (Å²) >= 11 is 0. The van der Waals surface area contributed by atoms with Crippen molar-refractivity contribution in [1.29, 1.82) is 0 Å². The van der Waals surface area contributed by atoms with Crippen LogP contribution in [0, 0.1) is 0 Å². The molecule has 20 heavy (non-hydrogen) atoms. The number of hydrogen-bond donors (Lipinski definition) is 2. The first-order valence-electron chi connectivity index (χ1n) is 10.2. The van der Waals surface area contributed by atoms with Gasteiger partial charge in [0.25, 0.3) is 0 Å². The fourth-order valence-corrected chi connectivity index (χ4v) is 2.13. The SMILES string of the molecule is [2H]C([2H])([2H])NS(=O)(=O)C([2H])([2H])c1ccc2[nH]cc(C([2H])([2H])C([2H])([2H])N(C)C)c2c1. The van der Waals surface area contributed by atoms with Crippen molar-refractivity contribution in [3.05, 3.63) is 35.5 Å². The third-order valence-electron chi connectivity index (χ3n) is 2.48. The van der Waals surface area contributed by atoms with Gasteiger partial charge in [0.1, 0.15) is 0 Å². The fourth-order valence-electron chi connectivity index (χ4n) is 1.64. The van der Waals surface area contributed by atoms with Crippen LogP contribution >= 0.6 is 0 Å². The summed E-state index contributed by atoms with van der Waals surface area (Å²) in [5, 5.41) is 0.0752. The molecule has 2 aromatic rings. The number of rotatable bonds is 6. The Labute approximate surface area is 132 Å². The van der Waals surface area contributed by atoms with Gasteiger partial charge in [0.05, 0.1) is 5.70 Å². The smallest absolute Gasteiger partial charge is 0.215 e. The van der Waals surface area contributed by atoms with Crippen molar-refractivity contribution in [2.45, 2.75) is 12.1 Å². The van der Waals surface area contributed by atoms with Gasteiger partial charge in [-0.25, -0.2) is 13.1 Å². The Kier molecular flexibility index (Phi) is 2.10. The Balaban J connectivity index is 2.65. The van der Waals surface area contributed by atoms with Crippen LogP contribution in [0.4, 0.5) is 0 Å². The number of aromatic amines is 1. The van der Waals surface area contributed by atoms with E-state index in [1.54, 1.807) is 0 Å². The molecule has 0 fully saturated rings. The third kappa shape index (κ3) is 3.59. The zero-order valence-electron chi connectivity index (χ0n) is 20.0. The Morgan fingerprint density at radius 3 is 2.95 bits per heavy atom. The van der Waals surface area contributed by atoms with Gasteiger partial charge in [0, 0.05) is 35.9 Å². The Bertz CT molecular complexity index is 1010. The molecule has 110 valence electrons. The van der Waals surface area contributed by atoms with E-state index in [0.717, 1.165) is 17.0 Å². The van der Waals surface area contributed by atoms with E-state index >= 15 is 0 Å². The number of likely N-dealkylation sites (N-methyl/N-ethyl adjacent to an activating group) is 1. The van der Waals surface area contributed by atoms with E-state index in [1.165, 1.54) is 31.1 Å². The lowest BCUT2D eigenvalue weighted by molar-refractivity contribution is 0.414. The molecule has 5 nitrogen and oxygen atoms in total. The summed E-state index contributed by atoms with van der Waals surface area (Å²) < 4.78 is 95.7. The first-order valence-corrected chi connectivity index (χ1v) is 7.16. The standard InChI is InChI=1S/C14H21N3O2S/c1-15-20(18,19)10-11-4-5-14-13(8-11)12(9-16-14)6-7-17(2)3/h4-5,8-9,15-16H,6-7,10H2,1-3H3/i1D3,6D2,7D2,10D2. The zero-order chi connectivity index (χ0) is 22.6. The van der Waals surface area contributed by atoms with Crippen molar-refractivity contribution in [1.82, 2.24) is 14.6 Å². The van der Waals surface area contributed by atoms with Crippen molar-refractivity contribution < 1.29 is 20.8 Å². The van der Waals surface area contributed by atoms with Gasteiger partial charge in [0.15, 0.2) is 0 Å². The number of hydrogen-bond acceptors (Lipinski definition) is 3. The van der Waals surface area contributed by atoms with Gasteiger partial charge >= 0.3 is 0 Å². The summed E-state index contributed by atoms with van der Waals surface area (Å²) in [4.78, 5) is 3.81. The number of H-pyrrole nitrogens is 1. The molecule has 0 saturated carbocycles.